The molecular weight excluding hydrogens is 346 g/mol. The first-order chi connectivity index (χ1) is 11.4. The summed E-state index contributed by atoms with van der Waals surface area (Å²) in [5.74, 6) is 0.708. The van der Waals surface area contributed by atoms with Crippen LogP contribution in [0.15, 0.2) is 47.4 Å². The van der Waals surface area contributed by atoms with E-state index in [2.05, 4.69) is 4.72 Å². The lowest BCUT2D eigenvalue weighted by atomic mass is 10.2. The molecule has 2 aromatic carbocycles. The molecule has 0 atom stereocenters. The van der Waals surface area contributed by atoms with Crippen molar-refractivity contribution >= 4 is 27.3 Å². The lowest BCUT2D eigenvalue weighted by molar-refractivity contribution is 0.210. The molecule has 0 unspecified atom stereocenters. The molecule has 0 aromatic heterocycles. The minimum absolute atomic E-state index is 0.193. The van der Waals surface area contributed by atoms with Crippen LogP contribution in [0.4, 0.5) is 5.69 Å². The Kier molecular flexibility index (Phi) is 5.01. The standard InChI is InChI=1S/C18H20ClNO3S/c1-13-6-7-14(12-18(13)19)20-24(21,22)17-10-8-16(9-11-17)23-15-4-2-3-5-15/h6-12,15,20H,2-5H2,1H3. The van der Waals surface area contributed by atoms with Crippen molar-refractivity contribution in [2.75, 3.05) is 4.72 Å². The Morgan fingerprint density at radius 1 is 1.08 bits per heavy atom. The molecule has 0 amide bonds. The molecule has 2 aromatic rings. The molecule has 4 nitrogen and oxygen atoms in total. The molecule has 0 heterocycles. The van der Waals surface area contributed by atoms with Crippen LogP contribution in [0.1, 0.15) is 31.2 Å². The van der Waals surface area contributed by atoms with Crippen molar-refractivity contribution in [3.63, 3.8) is 0 Å². The van der Waals surface area contributed by atoms with Crippen LogP contribution in [-0.2, 0) is 10.0 Å². The third-order valence-corrected chi connectivity index (χ3v) is 5.97. The Balaban J connectivity index is 1.72. The predicted molar refractivity (Wildman–Crippen MR) is 96.3 cm³/mol. The number of benzene rings is 2. The van der Waals surface area contributed by atoms with Gasteiger partial charge in [0, 0.05) is 5.02 Å². The maximum atomic E-state index is 12.5. The average Bonchev–Trinajstić information content (AvgIpc) is 3.04. The van der Waals surface area contributed by atoms with Crippen molar-refractivity contribution in [2.24, 2.45) is 0 Å². The zero-order valence-electron chi connectivity index (χ0n) is 13.5. The van der Waals surface area contributed by atoms with Gasteiger partial charge in [-0.05, 0) is 74.6 Å². The first-order valence-electron chi connectivity index (χ1n) is 8.00. The number of sulfonamides is 1. The summed E-state index contributed by atoms with van der Waals surface area (Å²) in [6.45, 7) is 1.86. The molecule has 0 bridgehead atoms. The Morgan fingerprint density at radius 2 is 1.75 bits per heavy atom. The van der Waals surface area contributed by atoms with Crippen molar-refractivity contribution in [1.82, 2.24) is 0 Å². The summed E-state index contributed by atoms with van der Waals surface area (Å²) in [4.78, 5) is 0.193. The fourth-order valence-corrected chi connectivity index (χ4v) is 4.00. The number of ether oxygens (including phenoxy) is 1. The number of aryl methyl sites for hydroxylation is 1. The van der Waals surface area contributed by atoms with E-state index in [0.717, 1.165) is 18.4 Å². The molecule has 1 saturated carbocycles. The van der Waals surface area contributed by atoms with Gasteiger partial charge in [-0.25, -0.2) is 8.42 Å². The van der Waals surface area contributed by atoms with Gasteiger partial charge in [0.05, 0.1) is 16.7 Å². The fourth-order valence-electron chi connectivity index (χ4n) is 2.77. The number of nitrogens with one attached hydrogen (secondary N) is 1. The van der Waals surface area contributed by atoms with Crippen LogP contribution < -0.4 is 9.46 Å². The monoisotopic (exact) mass is 365 g/mol. The molecule has 0 spiro atoms. The molecule has 3 rings (SSSR count). The van der Waals surface area contributed by atoms with Crippen molar-refractivity contribution in [1.29, 1.82) is 0 Å². The molecule has 6 heteroatoms. The number of anilines is 1. The molecule has 1 N–H and O–H groups in total. The predicted octanol–water partition coefficient (Wildman–Crippen LogP) is 4.77. The number of hydrogen-bond acceptors (Lipinski definition) is 3. The zero-order valence-corrected chi connectivity index (χ0v) is 15.0. The van der Waals surface area contributed by atoms with Crippen LogP contribution in [0.5, 0.6) is 5.75 Å². The summed E-state index contributed by atoms with van der Waals surface area (Å²) >= 11 is 6.04. The van der Waals surface area contributed by atoms with E-state index in [4.69, 9.17) is 16.3 Å². The van der Waals surface area contributed by atoms with E-state index in [1.807, 2.05) is 6.92 Å². The second kappa shape index (κ2) is 7.03. The SMILES string of the molecule is Cc1ccc(NS(=O)(=O)c2ccc(OC3CCCC3)cc2)cc1Cl. The smallest absolute Gasteiger partial charge is 0.261 e. The van der Waals surface area contributed by atoms with Crippen LogP contribution in [0.2, 0.25) is 5.02 Å². The van der Waals surface area contributed by atoms with E-state index in [0.29, 0.717) is 16.5 Å². The van der Waals surface area contributed by atoms with Crippen LogP contribution in [0.25, 0.3) is 0 Å². The normalized spacial score (nSPS) is 15.4. The minimum atomic E-state index is -3.65. The lowest BCUT2D eigenvalue weighted by Gasteiger charge is -2.14. The maximum absolute atomic E-state index is 12.5. The van der Waals surface area contributed by atoms with E-state index in [1.54, 1.807) is 42.5 Å². The Labute approximate surface area is 147 Å². The van der Waals surface area contributed by atoms with Crippen LogP contribution in [-0.4, -0.2) is 14.5 Å². The highest BCUT2D eigenvalue weighted by Crippen LogP contribution is 2.26. The van der Waals surface area contributed by atoms with E-state index < -0.39 is 10.0 Å². The Bertz CT molecular complexity index is 813. The third kappa shape index (κ3) is 4.02. The van der Waals surface area contributed by atoms with Crippen LogP contribution in [0, 0.1) is 6.92 Å². The summed E-state index contributed by atoms with van der Waals surface area (Å²) in [6.07, 6.45) is 4.77. The fraction of sp³-hybridized carbons (Fsp3) is 0.333. The Hall–Kier alpha value is -1.72. The third-order valence-electron chi connectivity index (χ3n) is 4.16. The van der Waals surface area contributed by atoms with Gasteiger partial charge < -0.3 is 4.74 Å². The Morgan fingerprint density at radius 3 is 2.38 bits per heavy atom. The summed E-state index contributed by atoms with van der Waals surface area (Å²) in [5.41, 5.74) is 1.34. The molecule has 0 aliphatic heterocycles. The minimum Gasteiger partial charge on any atom is -0.490 e. The molecule has 24 heavy (non-hydrogen) atoms. The number of halogens is 1. The highest BCUT2D eigenvalue weighted by atomic mass is 35.5. The van der Waals surface area contributed by atoms with Gasteiger partial charge >= 0.3 is 0 Å². The second-order valence-electron chi connectivity index (χ2n) is 6.07. The summed E-state index contributed by atoms with van der Waals surface area (Å²) in [6, 6.07) is 11.6. The number of hydrogen-bond donors (Lipinski definition) is 1. The largest absolute Gasteiger partial charge is 0.490 e. The van der Waals surface area contributed by atoms with Crippen molar-refractivity contribution in [2.45, 2.75) is 43.6 Å². The average molecular weight is 366 g/mol. The number of rotatable bonds is 5. The zero-order chi connectivity index (χ0) is 17.2. The first kappa shape index (κ1) is 17.1. The van der Waals surface area contributed by atoms with Gasteiger partial charge in [0.2, 0.25) is 0 Å². The molecule has 0 radical (unpaired) electrons. The first-order valence-corrected chi connectivity index (χ1v) is 9.86. The molecule has 128 valence electrons. The van der Waals surface area contributed by atoms with E-state index >= 15 is 0 Å². The summed E-state index contributed by atoms with van der Waals surface area (Å²) < 4.78 is 33.3. The molecule has 1 fully saturated rings. The van der Waals surface area contributed by atoms with Gasteiger partial charge in [-0.1, -0.05) is 17.7 Å². The van der Waals surface area contributed by atoms with Gasteiger partial charge in [0.25, 0.3) is 10.0 Å². The van der Waals surface area contributed by atoms with Crippen LogP contribution >= 0.6 is 11.6 Å². The lowest BCUT2D eigenvalue weighted by Crippen LogP contribution is -2.13. The van der Waals surface area contributed by atoms with Gasteiger partial charge in [-0.3, -0.25) is 4.72 Å². The molecule has 1 aliphatic rings. The topological polar surface area (TPSA) is 55.4 Å². The molecular formula is C18H20ClNO3S. The summed E-state index contributed by atoms with van der Waals surface area (Å²) in [7, 11) is -3.65. The van der Waals surface area contributed by atoms with E-state index in [-0.39, 0.29) is 11.0 Å². The van der Waals surface area contributed by atoms with E-state index in [9.17, 15) is 8.42 Å². The van der Waals surface area contributed by atoms with Gasteiger partial charge in [0.15, 0.2) is 0 Å². The van der Waals surface area contributed by atoms with Crippen LogP contribution in [0.3, 0.4) is 0 Å². The summed E-state index contributed by atoms with van der Waals surface area (Å²) in [5, 5.41) is 0.524. The second-order valence-corrected chi connectivity index (χ2v) is 8.15. The quantitative estimate of drug-likeness (QED) is 0.830. The molecule has 1 aliphatic carbocycles. The van der Waals surface area contributed by atoms with Crippen molar-refractivity contribution < 1.29 is 13.2 Å². The van der Waals surface area contributed by atoms with E-state index in [1.165, 1.54) is 12.8 Å². The van der Waals surface area contributed by atoms with Crippen molar-refractivity contribution in [3.05, 3.63) is 53.1 Å². The highest BCUT2D eigenvalue weighted by molar-refractivity contribution is 7.92. The van der Waals surface area contributed by atoms with Gasteiger partial charge in [-0.15, -0.1) is 0 Å². The molecule has 0 saturated heterocycles. The van der Waals surface area contributed by atoms with Gasteiger partial charge in [-0.2, -0.15) is 0 Å². The van der Waals surface area contributed by atoms with Crippen molar-refractivity contribution in [3.8, 4) is 5.75 Å². The highest BCUT2D eigenvalue weighted by Gasteiger charge is 2.18. The maximum Gasteiger partial charge on any atom is 0.261 e. The van der Waals surface area contributed by atoms with Gasteiger partial charge in [0.1, 0.15) is 5.75 Å².